The van der Waals surface area contributed by atoms with E-state index in [0.29, 0.717) is 6.61 Å². The van der Waals surface area contributed by atoms with Crippen LogP contribution < -0.4 is 9.47 Å². The van der Waals surface area contributed by atoms with Gasteiger partial charge in [-0.2, -0.15) is 0 Å². The Morgan fingerprint density at radius 3 is 2.20 bits per heavy atom. The van der Waals surface area contributed by atoms with Crippen molar-refractivity contribution in [3.8, 4) is 22.6 Å². The zero-order valence-electron chi connectivity index (χ0n) is 17.9. The zero-order chi connectivity index (χ0) is 20.9. The molecule has 0 saturated heterocycles. The summed E-state index contributed by atoms with van der Waals surface area (Å²) >= 11 is 0. The molecule has 0 atom stereocenters. The van der Waals surface area contributed by atoms with Crippen LogP contribution in [0.5, 0.6) is 11.5 Å². The van der Waals surface area contributed by atoms with E-state index in [9.17, 15) is 0 Å². The summed E-state index contributed by atoms with van der Waals surface area (Å²) in [6.45, 7) is 5.15. The number of fused-ring (bicyclic) bond motifs is 2. The van der Waals surface area contributed by atoms with Crippen molar-refractivity contribution in [3.05, 3.63) is 72.3 Å². The van der Waals surface area contributed by atoms with Gasteiger partial charge in [0.1, 0.15) is 11.5 Å². The van der Waals surface area contributed by atoms with Gasteiger partial charge in [0.05, 0.1) is 6.61 Å². The van der Waals surface area contributed by atoms with Crippen molar-refractivity contribution in [1.82, 2.24) is 0 Å². The molecule has 30 heavy (non-hydrogen) atoms. The molecule has 0 aliphatic heterocycles. The van der Waals surface area contributed by atoms with E-state index in [1.165, 1.54) is 10.8 Å². The molecule has 0 saturated carbocycles. The molecule has 0 aromatic heterocycles. The summed E-state index contributed by atoms with van der Waals surface area (Å²) in [6, 6.07) is 23.3. The van der Waals surface area contributed by atoms with Gasteiger partial charge in [-0.3, -0.25) is 0 Å². The first-order valence-corrected chi connectivity index (χ1v) is 10.5. The molecule has 154 valence electrons. The van der Waals surface area contributed by atoms with E-state index in [-0.39, 0.29) is 6.79 Å². The van der Waals surface area contributed by atoms with Crippen molar-refractivity contribution in [1.29, 1.82) is 0 Å². The quantitative estimate of drug-likeness (QED) is 0.233. The second-order valence-corrected chi connectivity index (χ2v) is 7.53. The van der Waals surface area contributed by atoms with Crippen LogP contribution in [-0.4, -0.2) is 20.5 Å². The monoisotopic (exact) mass is 400 g/mol. The van der Waals surface area contributed by atoms with E-state index in [2.05, 4.69) is 80.6 Å². The first-order valence-electron chi connectivity index (χ1n) is 10.5. The van der Waals surface area contributed by atoms with Gasteiger partial charge in [0, 0.05) is 18.2 Å². The van der Waals surface area contributed by atoms with E-state index < -0.39 is 0 Å². The van der Waals surface area contributed by atoms with Crippen LogP contribution in [-0.2, 0) is 4.74 Å². The van der Waals surface area contributed by atoms with Crippen molar-refractivity contribution in [3.63, 3.8) is 0 Å². The Labute approximate surface area is 178 Å². The molecule has 0 N–H and O–H groups in total. The minimum Gasteiger partial charge on any atom is -0.493 e. The molecule has 4 rings (SSSR count). The van der Waals surface area contributed by atoms with Crippen LogP contribution in [0.4, 0.5) is 0 Å². The van der Waals surface area contributed by atoms with Gasteiger partial charge in [-0.15, -0.1) is 0 Å². The molecule has 4 aromatic carbocycles. The fourth-order valence-electron chi connectivity index (χ4n) is 3.98. The first kappa shape index (κ1) is 20.2. The Hall–Kier alpha value is -3.04. The van der Waals surface area contributed by atoms with Crippen LogP contribution >= 0.6 is 0 Å². The lowest BCUT2D eigenvalue weighted by Gasteiger charge is -2.21. The number of methoxy groups -OCH3 is 1. The van der Waals surface area contributed by atoms with Crippen molar-refractivity contribution in [2.24, 2.45) is 0 Å². The first-order chi connectivity index (χ1) is 14.7. The third kappa shape index (κ3) is 3.86. The molecule has 0 radical (unpaired) electrons. The van der Waals surface area contributed by atoms with Gasteiger partial charge >= 0.3 is 0 Å². The molecule has 0 heterocycles. The SMILES string of the molecule is CCCCOc1ccc2ccccc2c1-c1c(OCOC)c(C)cc2ccccc12. The Kier molecular flexibility index (Phi) is 6.20. The second kappa shape index (κ2) is 9.19. The number of rotatable bonds is 8. The standard InChI is InChI=1S/C27H28O3/c1-4-5-16-29-24-15-14-20-10-6-8-12-22(20)25(24)26-23-13-9-7-11-21(23)17-19(2)27(26)30-18-28-3/h6-15,17H,4-5,16,18H2,1-3H3. The lowest BCUT2D eigenvalue weighted by atomic mass is 9.90. The third-order valence-electron chi connectivity index (χ3n) is 5.40. The number of hydrogen-bond acceptors (Lipinski definition) is 3. The number of ether oxygens (including phenoxy) is 3. The fraction of sp³-hybridized carbons (Fsp3) is 0.259. The highest BCUT2D eigenvalue weighted by Gasteiger charge is 2.20. The average Bonchev–Trinajstić information content (AvgIpc) is 2.77. The smallest absolute Gasteiger partial charge is 0.188 e. The highest BCUT2D eigenvalue weighted by atomic mass is 16.7. The van der Waals surface area contributed by atoms with Gasteiger partial charge < -0.3 is 14.2 Å². The average molecular weight is 401 g/mol. The lowest BCUT2D eigenvalue weighted by Crippen LogP contribution is -2.04. The molecular formula is C27H28O3. The summed E-state index contributed by atoms with van der Waals surface area (Å²) in [5.74, 6) is 1.73. The zero-order valence-corrected chi connectivity index (χ0v) is 17.9. The molecule has 4 aromatic rings. The summed E-state index contributed by atoms with van der Waals surface area (Å²) in [5.41, 5.74) is 3.22. The Bertz CT molecular complexity index is 1160. The molecule has 0 fully saturated rings. The van der Waals surface area contributed by atoms with Crippen LogP contribution in [0.25, 0.3) is 32.7 Å². The maximum atomic E-state index is 6.30. The van der Waals surface area contributed by atoms with Gasteiger partial charge in [0.2, 0.25) is 0 Å². The van der Waals surface area contributed by atoms with Gasteiger partial charge in [0.25, 0.3) is 0 Å². The molecule has 0 aliphatic rings. The predicted molar refractivity (Wildman–Crippen MR) is 125 cm³/mol. The highest BCUT2D eigenvalue weighted by molar-refractivity contribution is 6.10. The van der Waals surface area contributed by atoms with E-state index >= 15 is 0 Å². The molecule has 0 bridgehead atoms. The Balaban J connectivity index is 2.06. The van der Waals surface area contributed by atoms with Crippen LogP contribution in [0, 0.1) is 6.92 Å². The van der Waals surface area contributed by atoms with Gasteiger partial charge in [-0.05, 0) is 52.6 Å². The molecule has 3 nitrogen and oxygen atoms in total. The Morgan fingerprint density at radius 2 is 1.47 bits per heavy atom. The minimum atomic E-state index is 0.197. The molecule has 3 heteroatoms. The fourth-order valence-corrected chi connectivity index (χ4v) is 3.98. The number of hydrogen-bond donors (Lipinski definition) is 0. The van der Waals surface area contributed by atoms with E-state index in [4.69, 9.17) is 14.2 Å². The maximum Gasteiger partial charge on any atom is 0.188 e. The van der Waals surface area contributed by atoms with Crippen LogP contribution in [0.15, 0.2) is 66.7 Å². The second-order valence-electron chi connectivity index (χ2n) is 7.53. The number of aryl methyl sites for hydroxylation is 1. The largest absolute Gasteiger partial charge is 0.493 e. The normalized spacial score (nSPS) is 11.2. The molecule has 0 aliphatic carbocycles. The minimum absolute atomic E-state index is 0.197. The molecular weight excluding hydrogens is 372 g/mol. The van der Waals surface area contributed by atoms with E-state index in [1.54, 1.807) is 7.11 Å². The van der Waals surface area contributed by atoms with Gasteiger partial charge in [-0.1, -0.05) is 67.9 Å². The summed E-state index contributed by atoms with van der Waals surface area (Å²) in [7, 11) is 1.65. The number of benzene rings is 4. The highest BCUT2D eigenvalue weighted by Crippen LogP contribution is 2.46. The van der Waals surface area contributed by atoms with Gasteiger partial charge in [0.15, 0.2) is 6.79 Å². The molecule has 0 amide bonds. The van der Waals surface area contributed by atoms with Crippen LogP contribution in [0.1, 0.15) is 25.3 Å². The molecule has 0 spiro atoms. The summed E-state index contributed by atoms with van der Waals surface area (Å²) in [6.07, 6.45) is 2.12. The topological polar surface area (TPSA) is 27.7 Å². The summed E-state index contributed by atoms with van der Waals surface area (Å²) in [4.78, 5) is 0. The third-order valence-corrected chi connectivity index (χ3v) is 5.40. The van der Waals surface area contributed by atoms with Crippen molar-refractivity contribution in [2.75, 3.05) is 20.5 Å². The van der Waals surface area contributed by atoms with Crippen molar-refractivity contribution in [2.45, 2.75) is 26.7 Å². The van der Waals surface area contributed by atoms with E-state index in [0.717, 1.165) is 51.8 Å². The molecule has 0 unspecified atom stereocenters. The van der Waals surface area contributed by atoms with Crippen molar-refractivity contribution >= 4 is 21.5 Å². The van der Waals surface area contributed by atoms with E-state index in [1.807, 2.05) is 0 Å². The van der Waals surface area contributed by atoms with Crippen LogP contribution in [0.3, 0.4) is 0 Å². The van der Waals surface area contributed by atoms with Crippen molar-refractivity contribution < 1.29 is 14.2 Å². The Morgan fingerprint density at radius 1 is 0.767 bits per heavy atom. The lowest BCUT2D eigenvalue weighted by molar-refractivity contribution is 0.0511. The number of unbranched alkanes of at least 4 members (excludes halogenated alkanes) is 1. The van der Waals surface area contributed by atoms with Crippen LogP contribution in [0.2, 0.25) is 0 Å². The predicted octanol–water partition coefficient (Wildman–Crippen LogP) is 7.13. The van der Waals surface area contributed by atoms with Gasteiger partial charge in [-0.25, -0.2) is 0 Å². The maximum absolute atomic E-state index is 6.30. The summed E-state index contributed by atoms with van der Waals surface area (Å²) in [5, 5.41) is 4.66. The summed E-state index contributed by atoms with van der Waals surface area (Å²) < 4.78 is 17.7.